The third kappa shape index (κ3) is 4.76. The number of benzene rings is 4. The minimum atomic E-state index is -1.32. The monoisotopic (exact) mass is 750 g/mol. The van der Waals surface area contributed by atoms with Crippen molar-refractivity contribution in [1.29, 1.82) is 0 Å². The van der Waals surface area contributed by atoms with Crippen LogP contribution in [0.1, 0.15) is 90.6 Å². The molecule has 6 aromatic rings. The van der Waals surface area contributed by atoms with E-state index in [1.807, 2.05) is 0 Å². The van der Waals surface area contributed by atoms with Crippen LogP contribution < -0.4 is 4.74 Å². The van der Waals surface area contributed by atoms with Gasteiger partial charge in [-0.05, 0) is 113 Å². The number of hydrogen-bond acceptors (Lipinski definition) is 9. The topological polar surface area (TPSA) is 106 Å². The zero-order chi connectivity index (χ0) is 36.5. The van der Waals surface area contributed by atoms with Crippen molar-refractivity contribution in [2.45, 2.75) is 43.8 Å². The Balaban J connectivity index is 1.04. The predicted octanol–water partition coefficient (Wildman–Crippen LogP) is 9.46. The molecule has 53 heavy (non-hydrogen) atoms. The maximum Gasteiger partial charge on any atom is 0.235 e. The molecule has 1 aliphatic heterocycles. The standard InChI is InChI=1S/C40H22F4N2O5S2/c41-26-10-16-6-20-21(7-17(16)11-27(26)42)33(48)24(32(20)47)14-30-45-38-36(52-30)37-39(51-40(38)4-2-1-3-5-40)46-31(53-37)15-25-34(49)22-8-18-12-28(43)29(44)13-19(18)9-23(22)35(25)50/h6-15,34,49H,1-5H2/b25-15+. The highest BCUT2D eigenvalue weighted by atomic mass is 32.1. The van der Waals surface area contributed by atoms with Crippen LogP contribution in [0.5, 0.6) is 5.88 Å². The second-order valence-electron chi connectivity index (χ2n) is 13.7. The van der Waals surface area contributed by atoms with E-state index in [9.17, 15) is 37.1 Å². The fourth-order valence-electron chi connectivity index (χ4n) is 7.93. The Morgan fingerprint density at radius 2 is 1.19 bits per heavy atom. The van der Waals surface area contributed by atoms with E-state index in [2.05, 4.69) is 0 Å². The SMILES string of the molecule is O=C1C(=Cc2nc3c(s2)-c2sc(/C=C4/C(=O)c5cc6cc(F)c(F)cc6cc5C4O)nc2OC32CCCCC2)C(=O)c2cc3cc(F)c(F)cc3cc21. The van der Waals surface area contributed by atoms with Gasteiger partial charge in [0.2, 0.25) is 5.88 Å². The number of ketones is 3. The number of carbonyl (C=O) groups excluding carboxylic acids is 3. The number of carbonyl (C=O) groups is 3. The number of ether oxygens (including phenoxy) is 1. The number of halogens is 4. The number of hydrogen-bond donors (Lipinski definition) is 1. The van der Waals surface area contributed by atoms with Gasteiger partial charge in [-0.3, -0.25) is 14.4 Å². The van der Waals surface area contributed by atoms with Crippen LogP contribution in [0, 0.1) is 23.3 Å². The fraction of sp³-hybridized carbons (Fsp3) is 0.175. The molecule has 1 unspecified atom stereocenters. The van der Waals surface area contributed by atoms with Crippen LogP contribution in [0.2, 0.25) is 0 Å². The van der Waals surface area contributed by atoms with Gasteiger partial charge in [-0.1, -0.05) is 6.42 Å². The summed E-state index contributed by atoms with van der Waals surface area (Å²) in [4.78, 5) is 51.7. The third-order valence-electron chi connectivity index (χ3n) is 10.5. The highest BCUT2D eigenvalue weighted by Crippen LogP contribution is 2.55. The van der Waals surface area contributed by atoms with Crippen LogP contribution >= 0.6 is 22.7 Å². The second kappa shape index (κ2) is 11.3. The molecule has 7 nitrogen and oxygen atoms in total. The lowest BCUT2D eigenvalue weighted by Gasteiger charge is -2.38. The molecule has 1 saturated carbocycles. The van der Waals surface area contributed by atoms with Crippen molar-refractivity contribution in [2.75, 3.05) is 0 Å². The summed E-state index contributed by atoms with van der Waals surface area (Å²) in [6.45, 7) is 0. The first-order chi connectivity index (χ1) is 25.5. The van der Waals surface area contributed by atoms with Gasteiger partial charge >= 0.3 is 0 Å². The summed E-state index contributed by atoms with van der Waals surface area (Å²) in [7, 11) is 0. The number of nitrogens with zero attached hydrogens (tertiary/aromatic N) is 2. The molecule has 2 aromatic heterocycles. The molecule has 1 N–H and O–H groups in total. The van der Waals surface area contributed by atoms with E-state index in [-0.39, 0.29) is 33.4 Å². The summed E-state index contributed by atoms with van der Waals surface area (Å²) < 4.78 is 62.5. The van der Waals surface area contributed by atoms with E-state index >= 15 is 0 Å². The zero-order valence-electron chi connectivity index (χ0n) is 27.2. The average molecular weight is 751 g/mol. The van der Waals surface area contributed by atoms with Crippen LogP contribution in [0.15, 0.2) is 59.7 Å². The van der Waals surface area contributed by atoms with Crippen molar-refractivity contribution in [2.24, 2.45) is 0 Å². The van der Waals surface area contributed by atoms with Crippen LogP contribution in [0.3, 0.4) is 0 Å². The molecule has 10 rings (SSSR count). The normalized spacial score (nSPS) is 19.3. The van der Waals surface area contributed by atoms with Gasteiger partial charge in [0.1, 0.15) is 26.7 Å². The van der Waals surface area contributed by atoms with Crippen molar-refractivity contribution in [1.82, 2.24) is 9.97 Å². The Bertz CT molecular complexity index is 2710. The van der Waals surface area contributed by atoms with E-state index in [0.717, 1.165) is 48.4 Å². The Kier molecular flexibility index (Phi) is 6.89. The number of aliphatic hydroxyl groups excluding tert-OH is 1. The van der Waals surface area contributed by atoms with Crippen LogP contribution in [0.25, 0.3) is 43.5 Å². The lowest BCUT2D eigenvalue weighted by atomic mass is 9.80. The molecule has 13 heteroatoms. The van der Waals surface area contributed by atoms with Gasteiger partial charge in [0.15, 0.2) is 46.2 Å². The van der Waals surface area contributed by atoms with E-state index in [0.29, 0.717) is 60.9 Å². The van der Waals surface area contributed by atoms with Crippen molar-refractivity contribution in [3.8, 4) is 15.6 Å². The Labute approximate surface area is 304 Å². The first-order valence-corrected chi connectivity index (χ1v) is 18.4. The second-order valence-corrected chi connectivity index (χ2v) is 15.7. The van der Waals surface area contributed by atoms with Gasteiger partial charge in [-0.15, -0.1) is 22.7 Å². The van der Waals surface area contributed by atoms with E-state index in [1.54, 1.807) is 0 Å². The van der Waals surface area contributed by atoms with E-state index < -0.39 is 52.3 Å². The maximum atomic E-state index is 14.0. The zero-order valence-corrected chi connectivity index (χ0v) is 28.8. The smallest absolute Gasteiger partial charge is 0.235 e. The van der Waals surface area contributed by atoms with E-state index in [4.69, 9.17) is 14.7 Å². The Morgan fingerprint density at radius 1 is 0.660 bits per heavy atom. The molecule has 0 saturated heterocycles. The van der Waals surface area contributed by atoms with Crippen molar-refractivity contribution >= 4 is 73.7 Å². The number of allylic oxidation sites excluding steroid dienone is 1. The first kappa shape index (κ1) is 32.3. The molecule has 1 atom stereocenters. The number of fused-ring (bicyclic) bond motifs is 8. The summed E-state index contributed by atoms with van der Waals surface area (Å²) in [5.41, 5.74) is 0.507. The minimum absolute atomic E-state index is 0.0561. The quantitative estimate of drug-likeness (QED) is 0.107. The molecular formula is C40H22F4N2O5S2. The molecule has 3 heterocycles. The highest BCUT2D eigenvalue weighted by molar-refractivity contribution is 7.23. The Morgan fingerprint density at radius 3 is 1.79 bits per heavy atom. The van der Waals surface area contributed by atoms with Gasteiger partial charge < -0.3 is 9.84 Å². The third-order valence-corrected chi connectivity index (χ3v) is 12.7. The van der Waals surface area contributed by atoms with Gasteiger partial charge in [0.05, 0.1) is 10.5 Å². The fourth-order valence-corrected chi connectivity index (χ4v) is 10.1. The first-order valence-electron chi connectivity index (χ1n) is 16.8. The number of aliphatic hydroxyl groups is 1. The maximum absolute atomic E-state index is 14.0. The number of rotatable bonds is 2. The largest absolute Gasteiger partial charge is 0.463 e. The lowest BCUT2D eigenvalue weighted by Crippen LogP contribution is -2.38. The van der Waals surface area contributed by atoms with Crippen molar-refractivity contribution < 1.29 is 41.8 Å². The van der Waals surface area contributed by atoms with Gasteiger partial charge in [-0.2, -0.15) is 0 Å². The van der Waals surface area contributed by atoms with Gasteiger partial charge in [0, 0.05) is 22.3 Å². The van der Waals surface area contributed by atoms with Gasteiger partial charge in [-0.25, -0.2) is 27.5 Å². The van der Waals surface area contributed by atoms with Crippen LogP contribution in [-0.4, -0.2) is 32.4 Å². The Hall–Kier alpha value is -5.37. The summed E-state index contributed by atoms with van der Waals surface area (Å²) in [5.74, 6) is -5.37. The summed E-state index contributed by atoms with van der Waals surface area (Å²) in [6.07, 6.45) is 5.73. The molecule has 0 amide bonds. The molecule has 0 bridgehead atoms. The molecule has 0 radical (unpaired) electrons. The van der Waals surface area contributed by atoms with E-state index in [1.165, 1.54) is 59.1 Å². The summed E-state index contributed by atoms with van der Waals surface area (Å²) in [5, 5.41) is 13.3. The average Bonchev–Trinajstić information content (AvgIpc) is 3.86. The highest BCUT2D eigenvalue weighted by Gasteiger charge is 2.47. The van der Waals surface area contributed by atoms with Gasteiger partial charge in [0.25, 0.3) is 0 Å². The molecule has 262 valence electrons. The summed E-state index contributed by atoms with van der Waals surface area (Å²) >= 11 is 2.51. The molecule has 4 aromatic carbocycles. The lowest BCUT2D eigenvalue weighted by molar-refractivity contribution is 0.0168. The molecule has 1 fully saturated rings. The van der Waals surface area contributed by atoms with Crippen molar-refractivity contribution in [3.05, 3.63) is 121 Å². The minimum Gasteiger partial charge on any atom is -0.463 e. The van der Waals surface area contributed by atoms with Crippen LogP contribution in [-0.2, 0) is 5.60 Å². The number of thiazole rings is 2. The predicted molar refractivity (Wildman–Crippen MR) is 190 cm³/mol. The van der Waals surface area contributed by atoms with Crippen molar-refractivity contribution in [3.63, 3.8) is 0 Å². The number of aromatic nitrogens is 2. The molecule has 1 spiro atoms. The number of Topliss-reactive ketones (excluding diaryl/α,β-unsaturated/α-hetero) is 3. The summed E-state index contributed by atoms with van der Waals surface area (Å²) in [6, 6.07) is 9.76. The molecule has 4 aliphatic rings. The molecular weight excluding hydrogens is 729 g/mol. The molecule has 3 aliphatic carbocycles. The van der Waals surface area contributed by atoms with Crippen LogP contribution in [0.4, 0.5) is 17.6 Å².